The van der Waals surface area contributed by atoms with Crippen LogP contribution in [0.3, 0.4) is 0 Å². The van der Waals surface area contributed by atoms with Crippen molar-refractivity contribution < 1.29 is 13.6 Å². The zero-order valence-electron chi connectivity index (χ0n) is 13.6. The maximum atomic E-state index is 14.5. The summed E-state index contributed by atoms with van der Waals surface area (Å²) in [6.07, 6.45) is -0.173. The molecule has 0 saturated carbocycles. The molecule has 1 aliphatic rings. The molecule has 3 rings (SSSR count). The summed E-state index contributed by atoms with van der Waals surface area (Å²) in [7, 11) is 1.69. The molecule has 26 heavy (non-hydrogen) atoms. The first-order valence-electron chi connectivity index (χ1n) is 7.59. The van der Waals surface area contributed by atoms with E-state index in [0.717, 1.165) is 0 Å². The molecule has 0 fully saturated rings. The van der Waals surface area contributed by atoms with Gasteiger partial charge in [0.15, 0.2) is 10.3 Å². The average molecular weight is 442 g/mol. The maximum absolute atomic E-state index is 14.5. The second-order valence-corrected chi connectivity index (χ2v) is 7.08. The molecule has 2 aromatic rings. The Hall–Kier alpha value is -2.09. The standard InChI is InChI=1S/C18H13BrClF2N3O/c1-25(11-7-5-10(20)6-8-11)15(9-14(23)26)24-18(19)17(25)16-12(21)3-2-4-13(16)22/h2-8H,9H2,1H3,(H-,23,26)/p+1. The van der Waals surface area contributed by atoms with Gasteiger partial charge in [0.25, 0.3) is 0 Å². The smallest absolute Gasteiger partial charge is 0.229 e. The summed E-state index contributed by atoms with van der Waals surface area (Å²) in [5, 5.41) is 0.509. The fourth-order valence-electron chi connectivity index (χ4n) is 3.00. The number of benzene rings is 2. The molecule has 0 bridgehead atoms. The monoisotopic (exact) mass is 440 g/mol. The Bertz CT molecular complexity index is 939. The van der Waals surface area contributed by atoms with E-state index in [-0.39, 0.29) is 26.8 Å². The van der Waals surface area contributed by atoms with Crippen molar-refractivity contribution in [2.75, 3.05) is 7.05 Å². The molecule has 1 unspecified atom stereocenters. The van der Waals surface area contributed by atoms with E-state index < -0.39 is 17.5 Å². The second kappa shape index (κ2) is 6.90. The van der Waals surface area contributed by atoms with Crippen molar-refractivity contribution in [1.82, 2.24) is 4.48 Å². The van der Waals surface area contributed by atoms with Gasteiger partial charge in [0.05, 0.1) is 7.05 Å². The SMILES string of the molecule is C[N+]1(c2ccc(Cl)cc2)C(CC(N)=O)=NC(Br)=C1c1c(F)cccc1F. The van der Waals surface area contributed by atoms with Crippen molar-refractivity contribution in [1.29, 1.82) is 0 Å². The van der Waals surface area contributed by atoms with Gasteiger partial charge in [-0.25, -0.2) is 13.3 Å². The van der Waals surface area contributed by atoms with Crippen molar-refractivity contribution >= 4 is 50.7 Å². The van der Waals surface area contributed by atoms with Gasteiger partial charge in [0.1, 0.15) is 29.3 Å². The Morgan fingerprint density at radius 1 is 1.19 bits per heavy atom. The summed E-state index contributed by atoms with van der Waals surface area (Å²) >= 11 is 9.26. The number of amides is 1. The predicted octanol–water partition coefficient (Wildman–Crippen LogP) is 4.56. The molecule has 134 valence electrons. The molecule has 0 aromatic heterocycles. The van der Waals surface area contributed by atoms with E-state index >= 15 is 0 Å². The highest BCUT2D eigenvalue weighted by Crippen LogP contribution is 2.44. The number of hydrogen-bond acceptors (Lipinski definition) is 2. The van der Waals surface area contributed by atoms with Crippen molar-refractivity contribution in [3.8, 4) is 0 Å². The quantitative estimate of drug-likeness (QED) is 0.549. The summed E-state index contributed by atoms with van der Waals surface area (Å²) in [5.41, 5.74) is 5.99. The van der Waals surface area contributed by atoms with Crippen molar-refractivity contribution in [2.45, 2.75) is 6.42 Å². The van der Waals surface area contributed by atoms with Crippen LogP contribution in [0.1, 0.15) is 12.0 Å². The lowest BCUT2D eigenvalue weighted by atomic mass is 10.1. The van der Waals surface area contributed by atoms with Crippen LogP contribution in [-0.4, -0.2) is 18.8 Å². The number of primary amides is 1. The lowest BCUT2D eigenvalue weighted by Gasteiger charge is -2.32. The molecule has 1 amide bonds. The molecule has 1 heterocycles. The molecule has 4 nitrogen and oxygen atoms in total. The number of nitrogens with two attached hydrogens (primary N) is 1. The highest BCUT2D eigenvalue weighted by Gasteiger charge is 2.47. The summed E-state index contributed by atoms with van der Waals surface area (Å²) in [6.45, 7) is 0. The van der Waals surface area contributed by atoms with E-state index in [4.69, 9.17) is 17.3 Å². The summed E-state index contributed by atoms with van der Waals surface area (Å²) in [6, 6.07) is 10.4. The minimum absolute atomic E-state index is 0.173. The molecule has 2 N–H and O–H groups in total. The van der Waals surface area contributed by atoms with E-state index in [1.807, 2.05) is 0 Å². The number of rotatable bonds is 4. The average Bonchev–Trinajstić information content (AvgIpc) is 2.80. The number of carbonyl (C=O) groups is 1. The zero-order chi connectivity index (χ0) is 19.1. The van der Waals surface area contributed by atoms with Gasteiger partial charge in [-0.2, -0.15) is 4.99 Å². The fourth-order valence-corrected chi connectivity index (χ4v) is 3.89. The highest BCUT2D eigenvalue weighted by atomic mass is 79.9. The van der Waals surface area contributed by atoms with Gasteiger partial charge in [0.2, 0.25) is 11.7 Å². The molecule has 2 aromatic carbocycles. The molecule has 0 spiro atoms. The van der Waals surface area contributed by atoms with Gasteiger partial charge in [-0.05, 0) is 40.2 Å². The Kier molecular flexibility index (Phi) is 4.96. The fraction of sp³-hybridized carbons (Fsp3) is 0.111. The van der Waals surface area contributed by atoms with Gasteiger partial charge in [-0.1, -0.05) is 17.7 Å². The first-order chi connectivity index (χ1) is 12.2. The molecular weight excluding hydrogens is 428 g/mol. The molecule has 0 radical (unpaired) electrons. The molecular formula is C18H14BrClF2N3O+. The van der Waals surface area contributed by atoms with Crippen molar-refractivity contribution in [3.63, 3.8) is 0 Å². The normalized spacial score (nSPS) is 19.7. The highest BCUT2D eigenvalue weighted by molar-refractivity contribution is 9.11. The second-order valence-electron chi connectivity index (χ2n) is 5.89. The first-order valence-corrected chi connectivity index (χ1v) is 8.76. The molecule has 1 atom stereocenters. The van der Waals surface area contributed by atoms with Gasteiger partial charge in [-0.3, -0.25) is 4.79 Å². The van der Waals surface area contributed by atoms with Crippen LogP contribution in [0.2, 0.25) is 5.02 Å². The minimum Gasteiger partial charge on any atom is -0.369 e. The van der Waals surface area contributed by atoms with Crippen LogP contribution in [-0.2, 0) is 4.79 Å². The summed E-state index contributed by atoms with van der Waals surface area (Å²) in [5.74, 6) is -1.72. The first kappa shape index (κ1) is 18.7. The topological polar surface area (TPSA) is 55.5 Å². The number of hydrogen-bond donors (Lipinski definition) is 1. The Balaban J connectivity index is 2.27. The van der Waals surface area contributed by atoms with E-state index in [1.54, 1.807) is 31.3 Å². The van der Waals surface area contributed by atoms with E-state index in [2.05, 4.69) is 20.9 Å². The van der Waals surface area contributed by atoms with Gasteiger partial charge >= 0.3 is 0 Å². The number of halogens is 4. The number of nitrogens with zero attached hydrogens (tertiary/aromatic N) is 2. The third-order valence-corrected chi connectivity index (χ3v) is 5.07. The van der Waals surface area contributed by atoms with Crippen molar-refractivity contribution in [3.05, 3.63) is 69.3 Å². The van der Waals surface area contributed by atoms with Crippen LogP contribution in [0.4, 0.5) is 14.5 Å². The lowest BCUT2D eigenvalue weighted by Crippen LogP contribution is -2.48. The Morgan fingerprint density at radius 2 is 1.77 bits per heavy atom. The van der Waals surface area contributed by atoms with Crippen molar-refractivity contribution in [2.24, 2.45) is 10.7 Å². The lowest BCUT2D eigenvalue weighted by molar-refractivity contribution is -0.116. The Morgan fingerprint density at radius 3 is 2.31 bits per heavy atom. The van der Waals surface area contributed by atoms with Gasteiger partial charge < -0.3 is 5.73 Å². The van der Waals surface area contributed by atoms with E-state index in [1.165, 1.54) is 18.2 Å². The van der Waals surface area contributed by atoms with Crippen LogP contribution in [0.15, 0.2) is 52.1 Å². The molecule has 0 saturated heterocycles. The van der Waals surface area contributed by atoms with Crippen LogP contribution in [0.5, 0.6) is 0 Å². The van der Waals surface area contributed by atoms with E-state index in [9.17, 15) is 13.6 Å². The van der Waals surface area contributed by atoms with Crippen LogP contribution in [0, 0.1) is 11.6 Å². The zero-order valence-corrected chi connectivity index (χ0v) is 16.0. The van der Waals surface area contributed by atoms with Crippen LogP contribution in [0.25, 0.3) is 5.70 Å². The van der Waals surface area contributed by atoms with Crippen LogP contribution >= 0.6 is 27.5 Å². The van der Waals surface area contributed by atoms with Gasteiger partial charge in [0, 0.05) is 17.2 Å². The molecule has 0 aliphatic carbocycles. The minimum atomic E-state index is -0.731. The summed E-state index contributed by atoms with van der Waals surface area (Å²) < 4.78 is 29.1. The third kappa shape index (κ3) is 3.06. The van der Waals surface area contributed by atoms with Crippen LogP contribution < -0.4 is 10.2 Å². The summed E-state index contributed by atoms with van der Waals surface area (Å²) in [4.78, 5) is 15.9. The van der Waals surface area contributed by atoms with Gasteiger partial charge in [-0.15, -0.1) is 0 Å². The number of quaternary nitrogens is 1. The predicted molar refractivity (Wildman–Crippen MR) is 103 cm³/mol. The van der Waals surface area contributed by atoms with E-state index in [0.29, 0.717) is 16.5 Å². The maximum Gasteiger partial charge on any atom is 0.229 e. The number of carbonyl (C=O) groups excluding carboxylic acids is 1. The molecule has 8 heteroatoms. The largest absolute Gasteiger partial charge is 0.369 e. The Labute approximate surface area is 162 Å². The number of amidine groups is 1. The molecule has 1 aliphatic heterocycles. The number of aliphatic imine (C=N–C) groups is 1. The third-order valence-electron chi connectivity index (χ3n) is 4.26.